The van der Waals surface area contributed by atoms with Crippen LogP contribution in [0.15, 0.2) is 24.3 Å². The van der Waals surface area contributed by atoms with E-state index < -0.39 is 0 Å². The second-order valence-corrected chi connectivity index (χ2v) is 9.12. The SMILES string of the molecule is CCCCCCCCC(O)C=CC=C[C@H]1CCCC[C@H]1C(CCCC(=O)OC)OC(C)=O. The van der Waals surface area contributed by atoms with Gasteiger partial charge in [-0.05, 0) is 38.0 Å². The third-order valence-corrected chi connectivity index (χ3v) is 6.42. The molecule has 0 saturated heterocycles. The number of carbonyl (C=O) groups is 2. The first-order valence-electron chi connectivity index (χ1n) is 12.7. The van der Waals surface area contributed by atoms with Gasteiger partial charge in [0, 0.05) is 19.3 Å². The number of rotatable bonds is 16. The van der Waals surface area contributed by atoms with E-state index in [1.165, 1.54) is 52.6 Å². The molecule has 0 amide bonds. The number of unbranched alkanes of at least 4 members (excludes halogenated alkanes) is 5. The summed E-state index contributed by atoms with van der Waals surface area (Å²) >= 11 is 0. The Morgan fingerprint density at radius 1 is 1.00 bits per heavy atom. The summed E-state index contributed by atoms with van der Waals surface area (Å²) in [6.07, 6.45) is 21.8. The van der Waals surface area contributed by atoms with Crippen LogP contribution < -0.4 is 0 Å². The monoisotopic (exact) mass is 450 g/mol. The van der Waals surface area contributed by atoms with E-state index in [1.807, 2.05) is 18.2 Å². The lowest BCUT2D eigenvalue weighted by molar-refractivity contribution is -0.151. The van der Waals surface area contributed by atoms with Crippen molar-refractivity contribution in [1.82, 2.24) is 0 Å². The summed E-state index contributed by atoms with van der Waals surface area (Å²) in [6, 6.07) is 0. The van der Waals surface area contributed by atoms with Gasteiger partial charge in [0.2, 0.25) is 0 Å². The van der Waals surface area contributed by atoms with E-state index in [2.05, 4.69) is 13.0 Å². The van der Waals surface area contributed by atoms with E-state index in [0.29, 0.717) is 25.2 Å². The topological polar surface area (TPSA) is 72.8 Å². The van der Waals surface area contributed by atoms with Crippen LogP contribution in [0.5, 0.6) is 0 Å². The van der Waals surface area contributed by atoms with E-state index in [4.69, 9.17) is 9.47 Å². The molecule has 1 aliphatic rings. The normalized spacial score (nSPS) is 21.0. The molecule has 184 valence electrons. The van der Waals surface area contributed by atoms with Crippen molar-refractivity contribution < 1.29 is 24.2 Å². The lowest BCUT2D eigenvalue weighted by atomic mass is 9.75. The van der Waals surface area contributed by atoms with Crippen molar-refractivity contribution >= 4 is 11.9 Å². The molecular weight excluding hydrogens is 404 g/mol. The molecule has 0 heterocycles. The van der Waals surface area contributed by atoms with Gasteiger partial charge in [-0.3, -0.25) is 9.59 Å². The van der Waals surface area contributed by atoms with Gasteiger partial charge < -0.3 is 14.6 Å². The summed E-state index contributed by atoms with van der Waals surface area (Å²) in [7, 11) is 1.39. The maximum atomic E-state index is 11.7. The van der Waals surface area contributed by atoms with Gasteiger partial charge in [0.15, 0.2) is 0 Å². The number of aliphatic hydroxyl groups is 1. The first kappa shape index (κ1) is 28.4. The molecule has 4 atom stereocenters. The molecule has 0 aromatic carbocycles. The zero-order valence-corrected chi connectivity index (χ0v) is 20.6. The average molecular weight is 451 g/mol. The number of carbonyl (C=O) groups excluding carboxylic acids is 2. The van der Waals surface area contributed by atoms with Gasteiger partial charge in [-0.2, -0.15) is 0 Å². The molecule has 1 saturated carbocycles. The second-order valence-electron chi connectivity index (χ2n) is 9.12. The van der Waals surface area contributed by atoms with Crippen LogP contribution in [0.2, 0.25) is 0 Å². The quantitative estimate of drug-likeness (QED) is 0.170. The minimum Gasteiger partial charge on any atom is -0.469 e. The molecule has 0 aliphatic heterocycles. The highest BCUT2D eigenvalue weighted by Gasteiger charge is 2.32. The fourth-order valence-electron chi connectivity index (χ4n) is 4.64. The Morgan fingerprint density at radius 3 is 2.44 bits per heavy atom. The van der Waals surface area contributed by atoms with Crippen LogP contribution in [-0.4, -0.2) is 36.4 Å². The van der Waals surface area contributed by atoms with Crippen molar-refractivity contribution in [3.05, 3.63) is 24.3 Å². The standard InChI is InChI=1S/C27H46O5/c1-4-5-6-7-8-9-17-24(29)18-12-10-15-23-16-11-13-19-25(23)26(32-22(2)28)20-14-21-27(30)31-3/h10,12,15,18,23-26,29H,4-9,11,13-14,16-17,19-21H2,1-3H3/t23-,24?,25+,26?/m0/s1. The first-order valence-corrected chi connectivity index (χ1v) is 12.7. The van der Waals surface area contributed by atoms with Crippen molar-refractivity contribution in [2.24, 2.45) is 11.8 Å². The van der Waals surface area contributed by atoms with Gasteiger partial charge in [0.1, 0.15) is 6.10 Å². The number of methoxy groups -OCH3 is 1. The maximum Gasteiger partial charge on any atom is 0.305 e. The Morgan fingerprint density at radius 2 is 1.72 bits per heavy atom. The summed E-state index contributed by atoms with van der Waals surface area (Å²) in [5.74, 6) is 0.116. The molecule has 0 bridgehead atoms. The Labute approximate surface area is 195 Å². The van der Waals surface area contributed by atoms with Gasteiger partial charge in [-0.25, -0.2) is 0 Å². The minimum atomic E-state index is -0.389. The van der Waals surface area contributed by atoms with Crippen LogP contribution in [0.25, 0.3) is 0 Å². The molecule has 0 spiro atoms. The zero-order chi connectivity index (χ0) is 23.6. The third kappa shape index (κ3) is 13.0. The van der Waals surface area contributed by atoms with E-state index >= 15 is 0 Å². The molecule has 5 heteroatoms. The van der Waals surface area contributed by atoms with Crippen molar-refractivity contribution in [3.63, 3.8) is 0 Å². The van der Waals surface area contributed by atoms with E-state index in [9.17, 15) is 14.7 Å². The van der Waals surface area contributed by atoms with Crippen LogP contribution in [-0.2, 0) is 19.1 Å². The Balaban J connectivity index is 2.53. The van der Waals surface area contributed by atoms with Crippen molar-refractivity contribution in [3.8, 4) is 0 Å². The van der Waals surface area contributed by atoms with E-state index in [0.717, 1.165) is 32.1 Å². The average Bonchev–Trinajstić information content (AvgIpc) is 2.78. The fraction of sp³-hybridized carbons (Fsp3) is 0.778. The van der Waals surface area contributed by atoms with Crippen LogP contribution in [0.3, 0.4) is 0 Å². The Hall–Kier alpha value is -1.62. The largest absolute Gasteiger partial charge is 0.469 e. The third-order valence-electron chi connectivity index (χ3n) is 6.42. The molecule has 2 unspecified atom stereocenters. The molecule has 32 heavy (non-hydrogen) atoms. The van der Waals surface area contributed by atoms with Crippen LogP contribution in [0, 0.1) is 11.8 Å². The van der Waals surface area contributed by atoms with Gasteiger partial charge in [0.05, 0.1) is 13.2 Å². The summed E-state index contributed by atoms with van der Waals surface area (Å²) in [4.78, 5) is 23.1. The Kier molecular flexibility index (Phi) is 15.9. The van der Waals surface area contributed by atoms with Crippen LogP contribution in [0.4, 0.5) is 0 Å². The smallest absolute Gasteiger partial charge is 0.305 e. The molecule has 1 rings (SSSR count). The molecule has 0 aromatic rings. The van der Waals surface area contributed by atoms with Crippen molar-refractivity contribution in [1.29, 1.82) is 0 Å². The van der Waals surface area contributed by atoms with Gasteiger partial charge in [-0.1, -0.05) is 82.6 Å². The lowest BCUT2D eigenvalue weighted by Gasteiger charge is -2.35. The van der Waals surface area contributed by atoms with E-state index in [-0.39, 0.29) is 30.1 Å². The maximum absolute atomic E-state index is 11.7. The zero-order valence-electron chi connectivity index (χ0n) is 20.6. The molecular formula is C27H46O5. The summed E-state index contributed by atoms with van der Waals surface area (Å²) in [6.45, 7) is 3.67. The predicted molar refractivity (Wildman–Crippen MR) is 129 cm³/mol. The summed E-state index contributed by atoms with van der Waals surface area (Å²) < 4.78 is 10.4. The number of hydrogen-bond acceptors (Lipinski definition) is 5. The highest BCUT2D eigenvalue weighted by Crippen LogP contribution is 2.36. The molecule has 1 N–H and O–H groups in total. The predicted octanol–water partition coefficient (Wildman–Crippen LogP) is 6.29. The number of esters is 2. The van der Waals surface area contributed by atoms with Crippen molar-refractivity contribution in [2.75, 3.05) is 7.11 Å². The van der Waals surface area contributed by atoms with Gasteiger partial charge in [-0.15, -0.1) is 0 Å². The van der Waals surface area contributed by atoms with Crippen molar-refractivity contribution in [2.45, 2.75) is 116 Å². The highest BCUT2D eigenvalue weighted by atomic mass is 16.5. The number of aliphatic hydroxyl groups excluding tert-OH is 1. The minimum absolute atomic E-state index is 0.172. The van der Waals surface area contributed by atoms with Gasteiger partial charge in [0.25, 0.3) is 0 Å². The first-order chi connectivity index (χ1) is 15.5. The molecule has 5 nitrogen and oxygen atoms in total. The second kappa shape index (κ2) is 17.9. The number of hydrogen-bond donors (Lipinski definition) is 1. The number of ether oxygens (including phenoxy) is 2. The van der Waals surface area contributed by atoms with Gasteiger partial charge >= 0.3 is 11.9 Å². The molecule has 1 fully saturated rings. The molecule has 1 aliphatic carbocycles. The molecule has 0 radical (unpaired) electrons. The summed E-state index contributed by atoms with van der Waals surface area (Å²) in [5, 5.41) is 10.2. The number of allylic oxidation sites excluding steroid dienone is 3. The fourth-order valence-corrected chi connectivity index (χ4v) is 4.64. The van der Waals surface area contributed by atoms with Crippen LogP contribution in [0.1, 0.15) is 104 Å². The summed E-state index contributed by atoms with van der Waals surface area (Å²) in [5.41, 5.74) is 0. The Bertz CT molecular complexity index is 568. The highest BCUT2D eigenvalue weighted by molar-refractivity contribution is 5.69. The van der Waals surface area contributed by atoms with E-state index in [1.54, 1.807) is 0 Å². The van der Waals surface area contributed by atoms with Crippen LogP contribution >= 0.6 is 0 Å². The molecule has 0 aromatic heterocycles. The lowest BCUT2D eigenvalue weighted by Crippen LogP contribution is -2.33.